The van der Waals surface area contributed by atoms with Crippen LogP contribution in [-0.2, 0) is 0 Å². The number of para-hydroxylation sites is 1. The molecule has 240 valence electrons. The van der Waals surface area contributed by atoms with E-state index in [1.807, 2.05) is 17.4 Å². The largest absolute Gasteiger partial charge is 0.455 e. The van der Waals surface area contributed by atoms with Crippen molar-refractivity contribution in [3.8, 4) is 33.4 Å². The summed E-state index contributed by atoms with van der Waals surface area (Å²) in [6, 6.07) is 67.3. The maximum atomic E-state index is 6.63. The van der Waals surface area contributed by atoms with Crippen molar-refractivity contribution in [1.29, 1.82) is 0 Å². The van der Waals surface area contributed by atoms with Gasteiger partial charge >= 0.3 is 0 Å². The van der Waals surface area contributed by atoms with Crippen molar-refractivity contribution in [3.63, 3.8) is 0 Å². The summed E-state index contributed by atoms with van der Waals surface area (Å²) in [6.07, 6.45) is 0. The molecule has 2 aromatic heterocycles. The van der Waals surface area contributed by atoms with Gasteiger partial charge in [0.1, 0.15) is 11.2 Å². The maximum absolute atomic E-state index is 6.63. The normalized spacial score (nSPS) is 11.5. The highest BCUT2D eigenvalue weighted by atomic mass is 32.1. The molecule has 0 aliphatic rings. The quantitative estimate of drug-likeness (QED) is 0.175. The third-order valence-corrected chi connectivity index (χ3v) is 11.0. The summed E-state index contributed by atoms with van der Waals surface area (Å²) >= 11 is 1.82. The summed E-state index contributed by atoms with van der Waals surface area (Å²) < 4.78 is 9.09. The van der Waals surface area contributed by atoms with Crippen LogP contribution in [0.5, 0.6) is 0 Å². The van der Waals surface area contributed by atoms with Crippen LogP contribution in [0, 0.1) is 0 Å². The predicted molar refractivity (Wildman–Crippen MR) is 218 cm³/mol. The molecular formula is C48H31NOS. The van der Waals surface area contributed by atoms with Crippen LogP contribution >= 0.6 is 11.3 Å². The van der Waals surface area contributed by atoms with Gasteiger partial charge in [-0.2, -0.15) is 0 Å². The van der Waals surface area contributed by atoms with E-state index in [1.54, 1.807) is 0 Å². The van der Waals surface area contributed by atoms with E-state index in [1.165, 1.54) is 53.6 Å². The summed E-state index contributed by atoms with van der Waals surface area (Å²) in [4.78, 5) is 2.40. The average Bonchev–Trinajstić information content (AvgIpc) is 3.78. The maximum Gasteiger partial charge on any atom is 0.144 e. The molecule has 2 heterocycles. The van der Waals surface area contributed by atoms with Crippen molar-refractivity contribution in [3.05, 3.63) is 188 Å². The number of hydrogen-bond acceptors (Lipinski definition) is 3. The Bertz CT molecular complexity index is 2810. The molecule has 0 radical (unpaired) electrons. The molecule has 0 aliphatic carbocycles. The molecule has 0 unspecified atom stereocenters. The second-order valence-electron chi connectivity index (χ2n) is 12.9. The standard InChI is InChI=1S/C48H31NOS/c1-3-10-32(11-4-1)34-18-20-35(21-19-34)37-24-28-39(29-25-37)49(38-26-22-36(23-27-38)33-12-5-2-6-13-33)42-15-9-17-44-46(42)47-45(51-44)31-30-41-40-14-7-8-16-43(40)50-48(41)47/h1-31H. The van der Waals surface area contributed by atoms with Crippen molar-refractivity contribution in [2.24, 2.45) is 0 Å². The van der Waals surface area contributed by atoms with E-state index in [9.17, 15) is 0 Å². The Balaban J connectivity index is 1.13. The molecule has 0 bridgehead atoms. The summed E-state index contributed by atoms with van der Waals surface area (Å²) in [5.41, 5.74) is 12.4. The molecule has 0 saturated heterocycles. The third-order valence-electron chi connectivity index (χ3n) is 9.91. The van der Waals surface area contributed by atoms with Gasteiger partial charge in [0.05, 0.1) is 5.69 Å². The lowest BCUT2D eigenvalue weighted by atomic mass is 10.00. The highest BCUT2D eigenvalue weighted by Crippen LogP contribution is 2.48. The molecule has 0 atom stereocenters. The van der Waals surface area contributed by atoms with Crippen LogP contribution in [0.25, 0.3) is 75.5 Å². The van der Waals surface area contributed by atoms with Crippen LogP contribution in [0.15, 0.2) is 192 Å². The SMILES string of the molecule is c1ccc(-c2ccc(-c3ccc(N(c4ccc(-c5ccccc5)cc4)c4cccc5sc6ccc7c8ccccc8oc7c6c45)cc3)cc2)cc1. The zero-order valence-corrected chi connectivity index (χ0v) is 28.5. The van der Waals surface area contributed by atoms with Crippen molar-refractivity contribution in [2.75, 3.05) is 4.90 Å². The van der Waals surface area contributed by atoms with Gasteiger partial charge in [-0.1, -0.05) is 133 Å². The number of fused-ring (bicyclic) bond motifs is 7. The number of hydrogen-bond donors (Lipinski definition) is 0. The van der Waals surface area contributed by atoms with Gasteiger partial charge in [0, 0.05) is 42.3 Å². The molecule has 0 fully saturated rings. The lowest BCUT2D eigenvalue weighted by Gasteiger charge is -2.27. The van der Waals surface area contributed by atoms with Crippen LogP contribution in [0.3, 0.4) is 0 Å². The first-order valence-corrected chi connectivity index (χ1v) is 18.1. The number of benzene rings is 8. The highest BCUT2D eigenvalue weighted by molar-refractivity contribution is 7.26. The number of rotatable bonds is 6. The summed E-state index contributed by atoms with van der Waals surface area (Å²) in [5, 5.41) is 4.66. The molecule has 0 aliphatic heterocycles. The van der Waals surface area contributed by atoms with Crippen molar-refractivity contribution in [2.45, 2.75) is 0 Å². The second kappa shape index (κ2) is 12.2. The molecular weight excluding hydrogens is 639 g/mol. The number of anilines is 3. The van der Waals surface area contributed by atoms with E-state index in [0.717, 1.165) is 39.0 Å². The Labute approximate surface area is 300 Å². The first kappa shape index (κ1) is 29.5. The summed E-state index contributed by atoms with van der Waals surface area (Å²) in [5.74, 6) is 0. The van der Waals surface area contributed by atoms with E-state index in [4.69, 9.17) is 4.42 Å². The van der Waals surface area contributed by atoms with Crippen molar-refractivity contribution < 1.29 is 4.42 Å². The van der Waals surface area contributed by atoms with Crippen molar-refractivity contribution >= 4 is 70.5 Å². The summed E-state index contributed by atoms with van der Waals surface area (Å²) in [7, 11) is 0. The Morgan fingerprint density at radius 2 is 0.843 bits per heavy atom. The smallest absolute Gasteiger partial charge is 0.144 e. The van der Waals surface area contributed by atoms with Gasteiger partial charge < -0.3 is 9.32 Å². The number of nitrogens with zero attached hydrogens (tertiary/aromatic N) is 1. The Morgan fingerprint density at radius 3 is 1.43 bits per heavy atom. The first-order chi connectivity index (χ1) is 25.3. The molecule has 0 N–H and O–H groups in total. The molecule has 0 amide bonds. The van der Waals surface area contributed by atoms with Gasteiger partial charge in [0.2, 0.25) is 0 Å². The van der Waals surface area contributed by atoms with E-state index in [2.05, 4.69) is 187 Å². The minimum Gasteiger partial charge on any atom is -0.455 e. The number of furan rings is 1. The van der Waals surface area contributed by atoms with E-state index < -0.39 is 0 Å². The Hall–Kier alpha value is -6.42. The van der Waals surface area contributed by atoms with Crippen LogP contribution in [-0.4, -0.2) is 0 Å². The topological polar surface area (TPSA) is 16.4 Å². The van der Waals surface area contributed by atoms with Gasteiger partial charge in [-0.3, -0.25) is 0 Å². The molecule has 0 spiro atoms. The van der Waals surface area contributed by atoms with Crippen LogP contribution < -0.4 is 4.90 Å². The average molecular weight is 670 g/mol. The van der Waals surface area contributed by atoms with Gasteiger partial charge in [0.15, 0.2) is 0 Å². The van der Waals surface area contributed by atoms with Gasteiger partial charge in [-0.15, -0.1) is 11.3 Å². The fraction of sp³-hybridized carbons (Fsp3) is 0. The van der Waals surface area contributed by atoms with Gasteiger partial charge in [-0.25, -0.2) is 0 Å². The summed E-state index contributed by atoms with van der Waals surface area (Å²) in [6.45, 7) is 0. The highest BCUT2D eigenvalue weighted by Gasteiger charge is 2.22. The molecule has 8 aromatic carbocycles. The van der Waals surface area contributed by atoms with E-state index in [0.29, 0.717) is 0 Å². The van der Waals surface area contributed by atoms with Gasteiger partial charge in [-0.05, 0) is 88.0 Å². The molecule has 2 nitrogen and oxygen atoms in total. The zero-order chi connectivity index (χ0) is 33.7. The Kier molecular flexibility index (Phi) is 7.04. The predicted octanol–water partition coefficient (Wildman–Crippen LogP) is 14.4. The minimum atomic E-state index is 0.914. The van der Waals surface area contributed by atoms with Crippen LogP contribution in [0.4, 0.5) is 17.1 Å². The first-order valence-electron chi connectivity index (χ1n) is 17.3. The fourth-order valence-electron chi connectivity index (χ4n) is 7.40. The molecule has 51 heavy (non-hydrogen) atoms. The van der Waals surface area contributed by atoms with Crippen LogP contribution in [0.2, 0.25) is 0 Å². The van der Waals surface area contributed by atoms with E-state index >= 15 is 0 Å². The molecule has 10 aromatic rings. The molecule has 0 saturated carbocycles. The van der Waals surface area contributed by atoms with E-state index in [-0.39, 0.29) is 0 Å². The lowest BCUT2D eigenvalue weighted by molar-refractivity contribution is 0.673. The monoisotopic (exact) mass is 669 g/mol. The molecule has 3 heteroatoms. The molecule has 10 rings (SSSR count). The fourth-order valence-corrected chi connectivity index (χ4v) is 8.53. The Morgan fingerprint density at radius 1 is 0.353 bits per heavy atom. The zero-order valence-electron chi connectivity index (χ0n) is 27.7. The van der Waals surface area contributed by atoms with Gasteiger partial charge in [0.25, 0.3) is 0 Å². The third kappa shape index (κ3) is 5.10. The van der Waals surface area contributed by atoms with Crippen molar-refractivity contribution in [1.82, 2.24) is 0 Å². The minimum absolute atomic E-state index is 0.914. The van der Waals surface area contributed by atoms with Crippen LogP contribution in [0.1, 0.15) is 0 Å². The lowest BCUT2D eigenvalue weighted by Crippen LogP contribution is -2.10. The second-order valence-corrected chi connectivity index (χ2v) is 14.0. The number of thiophene rings is 1.